The number of carbonyl (C=O) groups is 1. The number of rotatable bonds is 4. The van der Waals surface area contributed by atoms with Crippen molar-refractivity contribution < 1.29 is 35.9 Å². The Bertz CT molecular complexity index is 904. The molecule has 0 saturated carbocycles. The maximum absolute atomic E-state index is 12.9. The first-order valence-corrected chi connectivity index (χ1v) is 8.61. The first-order chi connectivity index (χ1) is 13.9. The van der Waals surface area contributed by atoms with Gasteiger partial charge in [-0.3, -0.25) is 9.48 Å². The molecule has 0 atom stereocenters. The van der Waals surface area contributed by atoms with E-state index in [0.717, 1.165) is 13.4 Å². The lowest BCUT2D eigenvalue weighted by Gasteiger charge is -2.35. The summed E-state index contributed by atoms with van der Waals surface area (Å²) in [4.78, 5) is 23.1. The van der Waals surface area contributed by atoms with Crippen molar-refractivity contribution in [2.75, 3.05) is 37.7 Å². The van der Waals surface area contributed by atoms with E-state index in [1.165, 1.54) is 11.0 Å². The Balaban J connectivity index is 1.62. The number of carbonyl (C=O) groups excluding carboxylic acids is 1. The van der Waals surface area contributed by atoms with Gasteiger partial charge in [0.15, 0.2) is 12.3 Å². The molecule has 0 aromatic carbocycles. The molecule has 0 radical (unpaired) electrons. The van der Waals surface area contributed by atoms with Crippen LogP contribution in [0.4, 0.5) is 32.2 Å². The molecule has 3 heterocycles. The van der Waals surface area contributed by atoms with Crippen LogP contribution in [0, 0.1) is 0 Å². The van der Waals surface area contributed by atoms with Gasteiger partial charge in [-0.2, -0.15) is 31.4 Å². The second-order valence-electron chi connectivity index (χ2n) is 6.43. The van der Waals surface area contributed by atoms with Gasteiger partial charge in [0.25, 0.3) is 5.91 Å². The number of alkyl halides is 6. The summed E-state index contributed by atoms with van der Waals surface area (Å²) >= 11 is 0. The minimum absolute atomic E-state index is 0.166. The molecular weight excluding hydrogens is 422 g/mol. The maximum atomic E-state index is 12.9. The molecule has 2 aromatic rings. The molecule has 164 valence electrons. The molecule has 14 heteroatoms. The van der Waals surface area contributed by atoms with Gasteiger partial charge in [-0.15, -0.1) is 0 Å². The number of anilines is 1. The quantitative estimate of drug-likeness (QED) is 0.681. The van der Waals surface area contributed by atoms with E-state index in [-0.39, 0.29) is 37.8 Å². The second kappa shape index (κ2) is 7.99. The predicted molar refractivity (Wildman–Crippen MR) is 89.9 cm³/mol. The first-order valence-electron chi connectivity index (χ1n) is 8.61. The van der Waals surface area contributed by atoms with Crippen LogP contribution in [0.15, 0.2) is 18.5 Å². The van der Waals surface area contributed by atoms with Crippen molar-refractivity contribution in [3.63, 3.8) is 0 Å². The highest BCUT2D eigenvalue weighted by molar-refractivity contribution is 5.92. The van der Waals surface area contributed by atoms with Crippen molar-refractivity contribution in [1.29, 1.82) is 0 Å². The summed E-state index contributed by atoms with van der Waals surface area (Å²) in [7, 11) is 1.10. The van der Waals surface area contributed by atoms with Gasteiger partial charge in [-0.1, -0.05) is 0 Å². The predicted octanol–water partition coefficient (Wildman–Crippen LogP) is 2.13. The highest BCUT2D eigenvalue weighted by Crippen LogP contribution is 2.29. The third-order valence-corrected chi connectivity index (χ3v) is 4.29. The molecule has 1 aliphatic rings. The van der Waals surface area contributed by atoms with E-state index < -0.39 is 30.6 Å². The molecule has 1 saturated heterocycles. The minimum Gasteiger partial charge on any atom is -0.468 e. The van der Waals surface area contributed by atoms with Crippen LogP contribution in [0.3, 0.4) is 0 Å². The third-order valence-electron chi connectivity index (χ3n) is 4.29. The second-order valence-corrected chi connectivity index (χ2v) is 6.43. The van der Waals surface area contributed by atoms with E-state index in [4.69, 9.17) is 0 Å². The Kier molecular flexibility index (Phi) is 5.76. The van der Waals surface area contributed by atoms with Crippen LogP contribution in [0.2, 0.25) is 0 Å². The molecule has 8 nitrogen and oxygen atoms in total. The van der Waals surface area contributed by atoms with E-state index >= 15 is 0 Å². The van der Waals surface area contributed by atoms with Gasteiger partial charge >= 0.3 is 12.4 Å². The zero-order valence-electron chi connectivity index (χ0n) is 15.5. The molecule has 0 N–H and O–H groups in total. The highest BCUT2D eigenvalue weighted by atomic mass is 19.4. The lowest BCUT2D eigenvalue weighted by molar-refractivity contribution is -0.154. The number of nitrogens with zero attached hydrogens (tertiary/aromatic N) is 6. The number of halogens is 6. The Morgan fingerprint density at radius 1 is 1.07 bits per heavy atom. The third kappa shape index (κ3) is 5.10. The molecule has 30 heavy (non-hydrogen) atoms. The van der Waals surface area contributed by atoms with E-state index in [0.29, 0.717) is 16.6 Å². The summed E-state index contributed by atoms with van der Waals surface area (Å²) in [5.41, 5.74) is -1.35. The fourth-order valence-electron chi connectivity index (χ4n) is 2.88. The van der Waals surface area contributed by atoms with Crippen molar-refractivity contribution in [1.82, 2.24) is 24.6 Å². The zero-order valence-corrected chi connectivity index (χ0v) is 15.5. The average molecular weight is 438 g/mol. The molecule has 0 bridgehead atoms. The first kappa shape index (κ1) is 21.6. The summed E-state index contributed by atoms with van der Waals surface area (Å²) in [6, 6.07) is 1.95. The van der Waals surface area contributed by atoms with Crippen molar-refractivity contribution in [3.8, 4) is 5.88 Å². The number of ether oxygens (including phenoxy) is 1. The lowest BCUT2D eigenvalue weighted by Crippen LogP contribution is -2.49. The number of aromatic nitrogens is 4. The number of piperazine rings is 1. The van der Waals surface area contributed by atoms with Crippen LogP contribution >= 0.6 is 0 Å². The van der Waals surface area contributed by atoms with E-state index in [2.05, 4.69) is 19.8 Å². The monoisotopic (exact) mass is 438 g/mol. The number of hydrogen-bond donors (Lipinski definition) is 0. The van der Waals surface area contributed by atoms with Crippen molar-refractivity contribution >= 4 is 11.7 Å². The summed E-state index contributed by atoms with van der Waals surface area (Å²) < 4.78 is 80.6. The van der Waals surface area contributed by atoms with Gasteiger partial charge in [0, 0.05) is 45.4 Å². The molecule has 1 aliphatic heterocycles. The number of aryl methyl sites for hydroxylation is 1. The lowest BCUT2D eigenvalue weighted by atomic mass is 10.2. The Morgan fingerprint density at radius 2 is 1.73 bits per heavy atom. The standard InChI is InChI=1S/C16H16F6N6O2/c1-26-11(16(20,21)22)6-10(25-26)14(29)28-4-2-27(3-5-28)12-7-13(24-9-23-12)30-8-15(17,18)19/h6-7,9H,2-5,8H2,1H3. The normalized spacial score (nSPS) is 15.4. The van der Waals surface area contributed by atoms with Crippen molar-refractivity contribution in [3.05, 3.63) is 29.8 Å². The Morgan fingerprint density at radius 3 is 2.30 bits per heavy atom. The highest BCUT2D eigenvalue weighted by Gasteiger charge is 2.36. The summed E-state index contributed by atoms with van der Waals surface area (Å²) in [6.45, 7) is -0.629. The zero-order chi connectivity index (χ0) is 22.1. The van der Waals surface area contributed by atoms with Gasteiger partial charge in [0.1, 0.15) is 17.8 Å². The SMILES string of the molecule is Cn1nc(C(=O)N2CCN(c3cc(OCC(F)(F)F)ncn3)CC2)cc1C(F)(F)F. The average Bonchev–Trinajstić information content (AvgIpc) is 3.08. The largest absolute Gasteiger partial charge is 0.468 e. The van der Waals surface area contributed by atoms with E-state index in [1.807, 2.05) is 0 Å². The molecule has 0 unspecified atom stereocenters. The molecule has 2 aromatic heterocycles. The number of amides is 1. The molecule has 1 amide bonds. The van der Waals surface area contributed by atoms with Gasteiger partial charge in [0.2, 0.25) is 5.88 Å². The smallest absolute Gasteiger partial charge is 0.433 e. The fraction of sp³-hybridized carbons (Fsp3) is 0.500. The van der Waals surface area contributed by atoms with Crippen LogP contribution < -0.4 is 9.64 Å². The van der Waals surface area contributed by atoms with Crippen LogP contribution in [0.1, 0.15) is 16.2 Å². The molecule has 3 rings (SSSR count). The summed E-state index contributed by atoms with van der Waals surface area (Å²) in [5, 5.41) is 3.64. The van der Waals surface area contributed by atoms with Gasteiger partial charge in [0.05, 0.1) is 0 Å². The Hall–Kier alpha value is -3.06. The number of hydrogen-bond acceptors (Lipinski definition) is 6. The Labute approximate surface area is 166 Å². The van der Waals surface area contributed by atoms with Crippen LogP contribution in [-0.2, 0) is 13.2 Å². The molecule has 0 aliphatic carbocycles. The minimum atomic E-state index is -4.63. The van der Waals surface area contributed by atoms with E-state index in [1.54, 1.807) is 4.90 Å². The summed E-state index contributed by atoms with van der Waals surface area (Å²) in [6.07, 6.45) is -8.07. The van der Waals surface area contributed by atoms with E-state index in [9.17, 15) is 31.1 Å². The maximum Gasteiger partial charge on any atom is 0.433 e. The van der Waals surface area contributed by atoms with Crippen molar-refractivity contribution in [2.45, 2.75) is 12.4 Å². The molecule has 1 fully saturated rings. The summed E-state index contributed by atoms with van der Waals surface area (Å²) in [5.74, 6) is -0.576. The topological polar surface area (TPSA) is 76.4 Å². The molecule has 0 spiro atoms. The van der Waals surface area contributed by atoms with Crippen molar-refractivity contribution in [2.24, 2.45) is 7.05 Å². The molecular formula is C16H16F6N6O2. The van der Waals surface area contributed by atoms with Gasteiger partial charge in [-0.25, -0.2) is 9.97 Å². The van der Waals surface area contributed by atoms with Crippen LogP contribution in [0.25, 0.3) is 0 Å². The van der Waals surface area contributed by atoms with Gasteiger partial charge < -0.3 is 14.5 Å². The van der Waals surface area contributed by atoms with Crippen LogP contribution in [0.5, 0.6) is 5.88 Å². The van der Waals surface area contributed by atoms with Crippen LogP contribution in [-0.4, -0.2) is 69.5 Å². The van der Waals surface area contributed by atoms with Gasteiger partial charge in [-0.05, 0) is 0 Å². The fourth-order valence-corrected chi connectivity index (χ4v) is 2.88.